The summed E-state index contributed by atoms with van der Waals surface area (Å²) in [5.74, 6) is 0.241. The molecule has 3 nitrogen and oxygen atoms in total. The molecule has 0 radical (unpaired) electrons. The molecule has 1 aliphatic rings. The number of nitrogens with zero attached hydrogens (tertiary/aromatic N) is 2. The van der Waals surface area contributed by atoms with Crippen molar-refractivity contribution in [1.29, 1.82) is 5.41 Å². The van der Waals surface area contributed by atoms with Gasteiger partial charge in [0.2, 0.25) is 0 Å². The Morgan fingerprint density at radius 3 is 2.57 bits per heavy atom. The smallest absolute Gasteiger partial charge is 0.172 e. The second-order valence-corrected chi connectivity index (χ2v) is 4.79. The summed E-state index contributed by atoms with van der Waals surface area (Å²) in [6.45, 7) is 3.80. The second kappa shape index (κ2) is 5.15. The van der Waals surface area contributed by atoms with Crippen molar-refractivity contribution in [2.24, 2.45) is 9.98 Å². The van der Waals surface area contributed by atoms with E-state index in [2.05, 4.69) is 55.2 Å². The zero-order valence-corrected chi connectivity index (χ0v) is 12.1. The molecule has 0 bridgehead atoms. The summed E-state index contributed by atoms with van der Waals surface area (Å²) < 4.78 is 2.07. The number of aliphatic imine (C=N–C) groups is 2. The average molecular weight is 413 g/mol. The zero-order chi connectivity index (χ0) is 10.7. The van der Waals surface area contributed by atoms with Crippen molar-refractivity contribution in [3.05, 3.63) is 19.4 Å². The average Bonchev–Trinajstić information content (AvgIpc) is 2.14. The molecule has 74 valence electrons. The maximum absolute atomic E-state index is 7.68. The Hall–Kier alpha value is -0.0500. The molecule has 0 aromatic heterocycles. The zero-order valence-electron chi connectivity index (χ0n) is 7.81. The summed E-state index contributed by atoms with van der Waals surface area (Å²) in [6, 6.07) is 0. The second-order valence-electron chi connectivity index (χ2n) is 2.63. The predicted octanol–water partition coefficient (Wildman–Crippen LogP) is 3.49. The number of rotatable bonds is 1. The molecule has 5 heteroatoms. The maximum Gasteiger partial charge on any atom is 0.172 e. The molecule has 0 spiro atoms. The molecule has 0 fully saturated rings. The van der Waals surface area contributed by atoms with E-state index in [-0.39, 0.29) is 5.84 Å². The van der Waals surface area contributed by atoms with Gasteiger partial charge in [0.1, 0.15) is 5.71 Å². The van der Waals surface area contributed by atoms with Gasteiger partial charge in [-0.15, -0.1) is 0 Å². The molecule has 14 heavy (non-hydrogen) atoms. The first-order valence-electron chi connectivity index (χ1n) is 3.97. The van der Waals surface area contributed by atoms with E-state index in [4.69, 9.17) is 5.41 Å². The number of amidine groups is 1. The normalized spacial score (nSPS) is 21.0. The summed E-state index contributed by atoms with van der Waals surface area (Å²) >= 11 is 4.43. The van der Waals surface area contributed by atoms with Crippen LogP contribution >= 0.6 is 45.2 Å². The molecule has 0 unspecified atom stereocenters. The van der Waals surface area contributed by atoms with Crippen molar-refractivity contribution in [3.63, 3.8) is 0 Å². The SMILES string of the molecule is C/C=C\N=C1C(=N)N=C(C)C(I)=C1I. The lowest BCUT2D eigenvalue weighted by Gasteiger charge is -2.12. The highest BCUT2D eigenvalue weighted by Crippen LogP contribution is 2.26. The van der Waals surface area contributed by atoms with Crippen LogP contribution in [0.3, 0.4) is 0 Å². The number of nitrogens with one attached hydrogen (secondary N) is 1. The number of halogens is 2. The van der Waals surface area contributed by atoms with Gasteiger partial charge in [-0.2, -0.15) is 0 Å². The molecular weight excluding hydrogens is 404 g/mol. The van der Waals surface area contributed by atoms with Gasteiger partial charge in [-0.1, -0.05) is 6.08 Å². The van der Waals surface area contributed by atoms with Crippen LogP contribution in [-0.2, 0) is 0 Å². The van der Waals surface area contributed by atoms with Gasteiger partial charge in [0.15, 0.2) is 5.84 Å². The van der Waals surface area contributed by atoms with Gasteiger partial charge in [-0.05, 0) is 59.0 Å². The van der Waals surface area contributed by atoms with Gasteiger partial charge in [0, 0.05) is 9.78 Å². The van der Waals surface area contributed by atoms with Crippen LogP contribution in [0.4, 0.5) is 0 Å². The monoisotopic (exact) mass is 413 g/mol. The van der Waals surface area contributed by atoms with Crippen molar-refractivity contribution >= 4 is 62.4 Å². The van der Waals surface area contributed by atoms with E-state index in [1.807, 2.05) is 19.9 Å². The van der Waals surface area contributed by atoms with Crippen LogP contribution in [0, 0.1) is 5.41 Å². The van der Waals surface area contributed by atoms with E-state index < -0.39 is 0 Å². The Balaban J connectivity index is 3.19. The summed E-state index contributed by atoms with van der Waals surface area (Å²) in [7, 11) is 0. The van der Waals surface area contributed by atoms with Gasteiger partial charge < -0.3 is 0 Å². The first kappa shape index (κ1) is 12.0. The van der Waals surface area contributed by atoms with E-state index >= 15 is 0 Å². The Morgan fingerprint density at radius 2 is 2.00 bits per heavy atom. The molecule has 0 atom stereocenters. The Morgan fingerprint density at radius 1 is 1.36 bits per heavy atom. The first-order chi connectivity index (χ1) is 6.57. The van der Waals surface area contributed by atoms with E-state index in [9.17, 15) is 0 Å². The van der Waals surface area contributed by atoms with Gasteiger partial charge >= 0.3 is 0 Å². The molecule has 0 aromatic carbocycles. The van der Waals surface area contributed by atoms with Crippen molar-refractivity contribution < 1.29 is 0 Å². The minimum absolute atomic E-state index is 0.241. The molecule has 0 saturated carbocycles. The highest BCUT2D eigenvalue weighted by Gasteiger charge is 2.20. The molecule has 1 rings (SSSR count). The van der Waals surface area contributed by atoms with E-state index in [1.165, 1.54) is 0 Å². The van der Waals surface area contributed by atoms with E-state index in [0.29, 0.717) is 5.71 Å². The molecule has 1 aliphatic heterocycles. The van der Waals surface area contributed by atoms with Crippen molar-refractivity contribution in [2.45, 2.75) is 13.8 Å². The molecule has 0 aromatic rings. The Kier molecular flexibility index (Phi) is 4.42. The Labute approximate surface area is 110 Å². The molecule has 1 N–H and O–H groups in total. The van der Waals surface area contributed by atoms with E-state index in [0.717, 1.165) is 12.9 Å². The van der Waals surface area contributed by atoms with Crippen LogP contribution in [0.5, 0.6) is 0 Å². The lowest BCUT2D eigenvalue weighted by molar-refractivity contribution is 1.43. The fraction of sp³-hybridized carbons (Fsp3) is 0.222. The van der Waals surface area contributed by atoms with Gasteiger partial charge in [-0.25, -0.2) is 4.99 Å². The minimum atomic E-state index is 0.241. The van der Waals surface area contributed by atoms with Crippen molar-refractivity contribution in [2.75, 3.05) is 0 Å². The van der Waals surface area contributed by atoms with Gasteiger partial charge in [-0.3, -0.25) is 10.4 Å². The van der Waals surface area contributed by atoms with Crippen LogP contribution in [0.2, 0.25) is 0 Å². The van der Waals surface area contributed by atoms with Crippen LogP contribution in [0.25, 0.3) is 0 Å². The van der Waals surface area contributed by atoms with Crippen molar-refractivity contribution in [1.82, 2.24) is 0 Å². The quantitative estimate of drug-likeness (QED) is 0.641. The summed E-state index contributed by atoms with van der Waals surface area (Å²) in [5.41, 5.74) is 1.54. The number of dihydropyridines is 1. The molecule has 0 amide bonds. The number of allylic oxidation sites excluding steroid dienone is 2. The summed E-state index contributed by atoms with van der Waals surface area (Å²) in [4.78, 5) is 8.30. The fourth-order valence-corrected chi connectivity index (χ4v) is 2.06. The van der Waals surface area contributed by atoms with E-state index in [1.54, 1.807) is 6.20 Å². The molecular formula is C9H9I2N3. The number of hydrogen-bond donors (Lipinski definition) is 1. The molecule has 1 heterocycles. The van der Waals surface area contributed by atoms with Crippen LogP contribution in [-0.4, -0.2) is 17.3 Å². The predicted molar refractivity (Wildman–Crippen MR) is 78.2 cm³/mol. The maximum atomic E-state index is 7.68. The van der Waals surface area contributed by atoms with Crippen molar-refractivity contribution in [3.8, 4) is 0 Å². The number of hydrogen-bond acceptors (Lipinski definition) is 2. The Bertz CT molecular complexity index is 389. The third-order valence-electron chi connectivity index (χ3n) is 1.57. The third kappa shape index (κ3) is 2.50. The minimum Gasteiger partial charge on any atom is -0.281 e. The lowest BCUT2D eigenvalue weighted by Crippen LogP contribution is -2.19. The van der Waals surface area contributed by atoms with Gasteiger partial charge in [0.05, 0.1) is 9.29 Å². The third-order valence-corrected chi connectivity index (χ3v) is 4.98. The highest BCUT2D eigenvalue weighted by molar-refractivity contribution is 14.1. The lowest BCUT2D eigenvalue weighted by atomic mass is 10.2. The first-order valence-corrected chi connectivity index (χ1v) is 6.13. The van der Waals surface area contributed by atoms with Crippen LogP contribution < -0.4 is 0 Å². The van der Waals surface area contributed by atoms with Crippen LogP contribution in [0.15, 0.2) is 29.4 Å². The van der Waals surface area contributed by atoms with Gasteiger partial charge in [0.25, 0.3) is 0 Å². The molecule has 0 aliphatic carbocycles. The fourth-order valence-electron chi connectivity index (χ4n) is 0.903. The summed E-state index contributed by atoms with van der Waals surface area (Å²) in [6.07, 6.45) is 3.52. The molecule has 0 saturated heterocycles. The van der Waals surface area contributed by atoms with Crippen LogP contribution in [0.1, 0.15) is 13.8 Å². The topological polar surface area (TPSA) is 48.6 Å². The highest BCUT2D eigenvalue weighted by atomic mass is 127. The largest absolute Gasteiger partial charge is 0.281 e. The summed E-state index contributed by atoms with van der Waals surface area (Å²) in [5, 5.41) is 7.68. The standard InChI is InChI=1S/C9H9I2N3/c1-3-4-13-8-7(11)6(10)5(2)14-9(8)12/h3-4,12H,1-2H3/b4-3-,12-9?,13-8?.